The normalized spacial score (nSPS) is 21.2. The van der Waals surface area contributed by atoms with Gasteiger partial charge >= 0.3 is 12.0 Å². The Hall–Kier alpha value is -1.86. The Kier molecular flexibility index (Phi) is 6.32. The number of nitrogens with one attached hydrogen (secondary N) is 2. The van der Waals surface area contributed by atoms with Crippen molar-refractivity contribution in [1.29, 1.82) is 0 Å². The van der Waals surface area contributed by atoms with Crippen LogP contribution in [0.25, 0.3) is 0 Å². The van der Waals surface area contributed by atoms with E-state index in [0.717, 1.165) is 36.0 Å². The number of likely N-dealkylation sites (tertiary alicyclic amines) is 1. The maximum atomic E-state index is 12.7. The van der Waals surface area contributed by atoms with Gasteiger partial charge in [-0.3, -0.25) is 4.90 Å². The number of amides is 2. The number of benzene rings is 1. The quantitative estimate of drug-likeness (QED) is 0.716. The summed E-state index contributed by atoms with van der Waals surface area (Å²) in [5.74, 6) is -0.392. The Morgan fingerprint density at radius 2 is 2.08 bits per heavy atom. The van der Waals surface area contributed by atoms with Gasteiger partial charge in [-0.1, -0.05) is 34.5 Å². The minimum atomic E-state index is -0.528. The summed E-state index contributed by atoms with van der Waals surface area (Å²) in [7, 11) is 0. The van der Waals surface area contributed by atoms with E-state index in [4.69, 9.17) is 4.74 Å². The fourth-order valence-electron chi connectivity index (χ4n) is 3.47. The summed E-state index contributed by atoms with van der Waals surface area (Å²) in [6.45, 7) is 4.57. The lowest BCUT2D eigenvalue weighted by Crippen LogP contribution is -2.49. The number of nitrogens with zero attached hydrogens (tertiary/aromatic N) is 1. The molecule has 6 nitrogen and oxygen atoms in total. The SMILES string of the molecule is CCOC(=O)C1=C(CN2CCCCC2)NC(=O)N[C@H]1c1cccc(Br)c1. The lowest BCUT2D eigenvalue weighted by atomic mass is 9.95. The number of hydrogen-bond donors (Lipinski definition) is 2. The number of hydrogen-bond acceptors (Lipinski definition) is 4. The number of carbonyl (C=O) groups excluding carboxylic acids is 2. The van der Waals surface area contributed by atoms with Gasteiger partial charge in [-0.15, -0.1) is 0 Å². The van der Waals surface area contributed by atoms with Crippen molar-refractivity contribution in [2.45, 2.75) is 32.2 Å². The number of carbonyl (C=O) groups is 2. The second-order valence-electron chi connectivity index (χ2n) is 6.54. The fraction of sp³-hybridized carbons (Fsp3) is 0.474. The molecule has 0 aromatic heterocycles. The predicted octanol–water partition coefficient (Wildman–Crippen LogP) is 3.11. The molecule has 1 atom stereocenters. The van der Waals surface area contributed by atoms with Gasteiger partial charge in [-0.2, -0.15) is 0 Å². The molecule has 7 heteroatoms. The summed E-state index contributed by atoms with van der Waals surface area (Å²) >= 11 is 3.46. The van der Waals surface area contributed by atoms with Gasteiger partial charge in [0.05, 0.1) is 18.2 Å². The molecule has 2 N–H and O–H groups in total. The zero-order chi connectivity index (χ0) is 18.5. The third kappa shape index (κ3) is 4.45. The summed E-state index contributed by atoms with van der Waals surface area (Å²) in [5.41, 5.74) is 1.96. The van der Waals surface area contributed by atoms with Crippen molar-refractivity contribution < 1.29 is 14.3 Å². The summed E-state index contributed by atoms with van der Waals surface area (Å²) in [6.07, 6.45) is 3.52. The Morgan fingerprint density at radius 1 is 1.31 bits per heavy atom. The topological polar surface area (TPSA) is 70.7 Å². The largest absolute Gasteiger partial charge is 0.463 e. The van der Waals surface area contributed by atoms with E-state index >= 15 is 0 Å². The lowest BCUT2D eigenvalue weighted by Gasteiger charge is -2.33. The highest BCUT2D eigenvalue weighted by atomic mass is 79.9. The van der Waals surface area contributed by atoms with Crippen molar-refractivity contribution >= 4 is 27.9 Å². The highest BCUT2D eigenvalue weighted by Gasteiger charge is 2.34. The van der Waals surface area contributed by atoms with Crippen molar-refractivity contribution in [3.8, 4) is 0 Å². The molecular weight excluding hydrogens is 398 g/mol. The molecule has 0 aliphatic carbocycles. The molecule has 2 amide bonds. The van der Waals surface area contributed by atoms with Crippen LogP contribution >= 0.6 is 15.9 Å². The van der Waals surface area contributed by atoms with Gasteiger partial charge in [0.25, 0.3) is 0 Å². The van der Waals surface area contributed by atoms with Gasteiger partial charge in [0.15, 0.2) is 0 Å². The van der Waals surface area contributed by atoms with Crippen LogP contribution in [-0.4, -0.2) is 43.1 Å². The van der Waals surface area contributed by atoms with Crippen molar-refractivity contribution in [1.82, 2.24) is 15.5 Å². The first kappa shape index (κ1) is 18.9. The van der Waals surface area contributed by atoms with E-state index < -0.39 is 12.0 Å². The number of esters is 1. The summed E-state index contributed by atoms with van der Waals surface area (Å²) in [6, 6.07) is 6.79. The third-order valence-corrected chi connectivity index (χ3v) is 5.15. The molecule has 1 aromatic rings. The molecule has 1 aromatic carbocycles. The average molecular weight is 422 g/mol. The Morgan fingerprint density at radius 3 is 2.77 bits per heavy atom. The van der Waals surface area contributed by atoms with Crippen LogP contribution in [0.15, 0.2) is 40.0 Å². The van der Waals surface area contributed by atoms with Crippen LogP contribution in [-0.2, 0) is 9.53 Å². The molecule has 2 aliphatic rings. The first-order valence-corrected chi connectivity index (χ1v) is 9.83. The van der Waals surface area contributed by atoms with Gasteiger partial charge in [0.1, 0.15) is 0 Å². The molecule has 140 valence electrons. The molecule has 0 bridgehead atoms. The first-order valence-electron chi connectivity index (χ1n) is 9.04. The third-order valence-electron chi connectivity index (χ3n) is 4.66. The predicted molar refractivity (Wildman–Crippen MR) is 103 cm³/mol. The molecule has 2 aliphatic heterocycles. The maximum Gasteiger partial charge on any atom is 0.338 e. The second-order valence-corrected chi connectivity index (χ2v) is 7.45. The summed E-state index contributed by atoms with van der Waals surface area (Å²) in [5, 5.41) is 5.71. The van der Waals surface area contributed by atoms with Crippen molar-refractivity contribution in [3.63, 3.8) is 0 Å². The lowest BCUT2D eigenvalue weighted by molar-refractivity contribution is -0.139. The van der Waals surface area contributed by atoms with Crippen LogP contribution in [0.5, 0.6) is 0 Å². The van der Waals surface area contributed by atoms with E-state index in [2.05, 4.69) is 31.5 Å². The summed E-state index contributed by atoms with van der Waals surface area (Å²) < 4.78 is 6.19. The van der Waals surface area contributed by atoms with Crippen LogP contribution in [0.2, 0.25) is 0 Å². The van der Waals surface area contributed by atoms with Crippen molar-refractivity contribution in [3.05, 3.63) is 45.6 Å². The molecule has 0 spiro atoms. The van der Waals surface area contributed by atoms with E-state index in [9.17, 15) is 9.59 Å². The van der Waals surface area contributed by atoms with Crippen LogP contribution in [0.4, 0.5) is 4.79 Å². The standard InChI is InChI=1S/C19H24BrN3O3/c1-2-26-18(24)16-15(12-23-9-4-3-5-10-23)21-19(25)22-17(16)13-7-6-8-14(20)11-13/h6-8,11,17H,2-5,9-10,12H2,1H3,(H2,21,22,25)/t17-/m0/s1. The zero-order valence-corrected chi connectivity index (χ0v) is 16.5. The smallest absolute Gasteiger partial charge is 0.338 e. The Labute approximate surface area is 162 Å². The maximum absolute atomic E-state index is 12.7. The Bertz CT molecular complexity index is 714. The molecule has 26 heavy (non-hydrogen) atoms. The number of piperidine rings is 1. The molecule has 0 radical (unpaired) electrons. The van der Waals surface area contributed by atoms with Crippen LogP contribution < -0.4 is 10.6 Å². The number of halogens is 1. The van der Waals surface area contributed by atoms with E-state index in [0.29, 0.717) is 24.4 Å². The van der Waals surface area contributed by atoms with Gasteiger partial charge in [0.2, 0.25) is 0 Å². The fourth-order valence-corrected chi connectivity index (χ4v) is 3.89. The minimum absolute atomic E-state index is 0.290. The van der Waals surface area contributed by atoms with E-state index in [1.807, 2.05) is 24.3 Å². The van der Waals surface area contributed by atoms with Crippen molar-refractivity contribution in [2.75, 3.05) is 26.2 Å². The average Bonchev–Trinajstić information content (AvgIpc) is 2.62. The van der Waals surface area contributed by atoms with Crippen LogP contribution in [0.3, 0.4) is 0 Å². The van der Waals surface area contributed by atoms with E-state index in [1.54, 1.807) is 6.92 Å². The van der Waals surface area contributed by atoms with Gasteiger partial charge < -0.3 is 15.4 Å². The molecule has 2 heterocycles. The molecule has 3 rings (SSSR count). The van der Waals surface area contributed by atoms with E-state index in [1.165, 1.54) is 6.42 Å². The molecule has 0 unspecified atom stereocenters. The minimum Gasteiger partial charge on any atom is -0.463 e. The van der Waals surface area contributed by atoms with Crippen LogP contribution in [0.1, 0.15) is 37.8 Å². The van der Waals surface area contributed by atoms with Gasteiger partial charge in [-0.05, 0) is 50.6 Å². The zero-order valence-electron chi connectivity index (χ0n) is 14.9. The van der Waals surface area contributed by atoms with Gasteiger partial charge in [0, 0.05) is 16.7 Å². The Balaban J connectivity index is 1.98. The monoisotopic (exact) mass is 421 g/mol. The summed E-state index contributed by atoms with van der Waals surface area (Å²) in [4.78, 5) is 27.3. The highest BCUT2D eigenvalue weighted by molar-refractivity contribution is 9.10. The number of ether oxygens (including phenoxy) is 1. The molecule has 0 saturated carbocycles. The van der Waals surface area contributed by atoms with Crippen LogP contribution in [0, 0.1) is 0 Å². The number of urea groups is 1. The first-order chi connectivity index (χ1) is 12.6. The van der Waals surface area contributed by atoms with Crippen molar-refractivity contribution in [2.24, 2.45) is 0 Å². The number of rotatable bonds is 5. The molecule has 1 fully saturated rings. The molecular formula is C19H24BrN3O3. The highest BCUT2D eigenvalue weighted by Crippen LogP contribution is 2.30. The second kappa shape index (κ2) is 8.68. The van der Waals surface area contributed by atoms with Gasteiger partial charge in [-0.25, -0.2) is 9.59 Å². The molecule has 1 saturated heterocycles. The van der Waals surface area contributed by atoms with E-state index in [-0.39, 0.29) is 6.03 Å².